The molecule has 11 heteroatoms. The lowest BCUT2D eigenvalue weighted by molar-refractivity contribution is 0.100. The average molecular weight is 544 g/mol. The van der Waals surface area contributed by atoms with E-state index in [4.69, 9.17) is 21.5 Å². The third-order valence-electron chi connectivity index (χ3n) is 6.69. The van der Waals surface area contributed by atoms with Crippen LogP contribution in [0.4, 0.5) is 17.2 Å². The fraction of sp³-hybridized carbons (Fsp3) is 0.286. The lowest BCUT2D eigenvalue weighted by atomic mass is 10.1. The number of nitrogen functional groups attached to an aromatic ring is 1. The van der Waals surface area contributed by atoms with Crippen LogP contribution in [0.1, 0.15) is 28.9 Å². The van der Waals surface area contributed by atoms with Gasteiger partial charge in [0.2, 0.25) is 0 Å². The Balaban J connectivity index is 0.000000292. The number of likely N-dealkylation sites (tertiary alicyclic amines) is 1. The number of anilines is 3. The van der Waals surface area contributed by atoms with Crippen LogP contribution in [0, 0.1) is 11.3 Å². The van der Waals surface area contributed by atoms with E-state index >= 15 is 0 Å². The Labute approximate surface area is 229 Å². The molecule has 2 aromatic carbocycles. The Hall–Kier alpha value is -4.40. The first kappa shape index (κ1) is 26.2. The van der Waals surface area contributed by atoms with Crippen molar-refractivity contribution in [3.8, 4) is 17.5 Å². The number of hydrogen-bond donors (Lipinski definition) is 2. The third-order valence-corrected chi connectivity index (χ3v) is 7.72. The van der Waals surface area contributed by atoms with Gasteiger partial charge in [0.1, 0.15) is 17.2 Å². The van der Waals surface area contributed by atoms with Crippen LogP contribution in [-0.2, 0) is 0 Å². The molecule has 2 aromatic heterocycles. The number of carbonyl (C=O) groups is 1. The van der Waals surface area contributed by atoms with Crippen LogP contribution < -0.4 is 26.7 Å². The molecule has 10 nitrogen and oxygen atoms in total. The zero-order valence-electron chi connectivity index (χ0n) is 21.4. The van der Waals surface area contributed by atoms with Crippen molar-refractivity contribution in [3.63, 3.8) is 0 Å². The molecular weight excluding hydrogens is 514 g/mol. The van der Waals surface area contributed by atoms with Crippen molar-refractivity contribution in [1.82, 2.24) is 14.5 Å². The van der Waals surface area contributed by atoms with Gasteiger partial charge in [-0.1, -0.05) is 18.2 Å². The van der Waals surface area contributed by atoms with Crippen LogP contribution in [0.25, 0.3) is 16.0 Å². The molecule has 0 atom stereocenters. The van der Waals surface area contributed by atoms with Crippen LogP contribution in [-0.4, -0.2) is 53.1 Å². The molecule has 0 bridgehead atoms. The Morgan fingerprint density at radius 1 is 1.08 bits per heavy atom. The maximum absolute atomic E-state index is 12.9. The van der Waals surface area contributed by atoms with Gasteiger partial charge < -0.3 is 26.0 Å². The molecule has 1 saturated heterocycles. The monoisotopic (exact) mass is 543 g/mol. The second-order valence-electron chi connectivity index (χ2n) is 9.25. The molecule has 4 aromatic rings. The van der Waals surface area contributed by atoms with E-state index in [1.807, 2.05) is 42.5 Å². The minimum absolute atomic E-state index is 0.144. The molecule has 0 saturated carbocycles. The molecule has 0 spiro atoms. The molecule has 2 aliphatic heterocycles. The van der Waals surface area contributed by atoms with Crippen molar-refractivity contribution in [2.24, 2.45) is 5.73 Å². The van der Waals surface area contributed by atoms with E-state index in [1.165, 1.54) is 30.5 Å². The molecule has 4 N–H and O–H groups in total. The molecule has 1 fully saturated rings. The lowest BCUT2D eigenvalue weighted by Crippen LogP contribution is -2.29. The van der Waals surface area contributed by atoms with Crippen molar-refractivity contribution < 1.29 is 9.53 Å². The molecule has 4 heterocycles. The molecule has 39 heavy (non-hydrogen) atoms. The molecular formula is C28H29N7O3S. The number of aromatic nitrogens is 2. The summed E-state index contributed by atoms with van der Waals surface area (Å²) >= 11 is 1.10. The molecule has 6 rings (SSSR count). The first-order chi connectivity index (χ1) is 19.0. The second kappa shape index (κ2) is 11.6. The van der Waals surface area contributed by atoms with Gasteiger partial charge >= 0.3 is 0 Å². The maximum Gasteiger partial charge on any atom is 0.298 e. The van der Waals surface area contributed by atoms with Gasteiger partial charge in [0.25, 0.3) is 11.5 Å². The minimum Gasteiger partial charge on any atom is -0.490 e. The molecule has 2 aliphatic rings. The quantitative estimate of drug-likeness (QED) is 0.388. The number of thiophene rings is 1. The van der Waals surface area contributed by atoms with Gasteiger partial charge in [0, 0.05) is 18.7 Å². The predicted octanol–water partition coefficient (Wildman–Crippen LogP) is 3.65. The van der Waals surface area contributed by atoms with Gasteiger partial charge in [0.05, 0.1) is 34.4 Å². The first-order valence-corrected chi connectivity index (χ1v) is 13.6. The summed E-state index contributed by atoms with van der Waals surface area (Å²) in [5, 5.41) is 8.25. The SMILES string of the molecule is N#CCCN1CCCC1.NC(=O)c1cc2c(nc(N)c(=O)n2-c2ccc3c(c2)N(c2ccccc2)CCO3)s1. The summed E-state index contributed by atoms with van der Waals surface area (Å²) in [5.74, 6) is 0.00207. The van der Waals surface area contributed by atoms with Gasteiger partial charge in [-0.25, -0.2) is 4.98 Å². The highest BCUT2D eigenvalue weighted by Gasteiger charge is 2.22. The number of rotatable bonds is 5. The van der Waals surface area contributed by atoms with Gasteiger partial charge in [-0.2, -0.15) is 5.26 Å². The number of carbonyl (C=O) groups excluding carboxylic acids is 1. The van der Waals surface area contributed by atoms with Crippen molar-refractivity contribution in [1.29, 1.82) is 5.26 Å². The Morgan fingerprint density at radius 3 is 2.56 bits per heavy atom. The van der Waals surface area contributed by atoms with E-state index in [9.17, 15) is 9.59 Å². The normalized spacial score (nSPS) is 14.7. The standard InChI is InChI=1S/C21H17N5O3S.C7H12N2/c22-18-21(28)26(15-11-17(19(23)27)30-20(15)24-18)13-6-7-16-14(10-13)25(8-9-29-16)12-4-2-1-3-5-12;8-4-3-7-9-5-1-2-6-9/h1-7,10-11H,8-9H2,(H2,22,24)(H2,23,27);1-3,5-7H2. The van der Waals surface area contributed by atoms with Crippen LogP contribution in [0.2, 0.25) is 0 Å². The minimum atomic E-state index is -0.579. The summed E-state index contributed by atoms with van der Waals surface area (Å²) in [6, 6.07) is 19.2. The highest BCUT2D eigenvalue weighted by Crippen LogP contribution is 2.38. The van der Waals surface area contributed by atoms with E-state index < -0.39 is 11.5 Å². The molecule has 1 amide bonds. The summed E-state index contributed by atoms with van der Waals surface area (Å²) in [7, 11) is 0. The van der Waals surface area contributed by atoms with E-state index in [2.05, 4.69) is 20.9 Å². The van der Waals surface area contributed by atoms with Crippen LogP contribution in [0.15, 0.2) is 59.4 Å². The fourth-order valence-electron chi connectivity index (χ4n) is 4.81. The maximum atomic E-state index is 12.9. The van der Waals surface area contributed by atoms with E-state index in [0.717, 1.165) is 35.0 Å². The lowest BCUT2D eigenvalue weighted by Gasteiger charge is -2.31. The molecule has 0 radical (unpaired) electrons. The smallest absolute Gasteiger partial charge is 0.298 e. The van der Waals surface area contributed by atoms with E-state index in [-0.39, 0.29) is 5.82 Å². The number of primary amides is 1. The summed E-state index contributed by atoms with van der Waals surface area (Å²) in [4.78, 5) is 33.9. The van der Waals surface area contributed by atoms with Gasteiger partial charge in [0.15, 0.2) is 5.82 Å². The fourth-order valence-corrected chi connectivity index (χ4v) is 5.68. The van der Waals surface area contributed by atoms with Gasteiger partial charge in [-0.05, 0) is 62.3 Å². The summed E-state index contributed by atoms with van der Waals surface area (Å²) < 4.78 is 7.27. The van der Waals surface area contributed by atoms with Crippen LogP contribution >= 0.6 is 11.3 Å². The van der Waals surface area contributed by atoms with Crippen molar-refractivity contribution >= 4 is 44.8 Å². The number of hydrogen-bond acceptors (Lipinski definition) is 9. The molecule has 0 unspecified atom stereocenters. The number of amides is 1. The Morgan fingerprint density at radius 2 is 1.85 bits per heavy atom. The number of ether oxygens (including phenoxy) is 1. The largest absolute Gasteiger partial charge is 0.490 e. The van der Waals surface area contributed by atoms with Gasteiger partial charge in [-0.3, -0.25) is 14.2 Å². The number of fused-ring (bicyclic) bond motifs is 2. The highest BCUT2D eigenvalue weighted by atomic mass is 32.1. The zero-order chi connectivity index (χ0) is 27.4. The van der Waals surface area contributed by atoms with Crippen LogP contribution in [0.3, 0.4) is 0 Å². The number of para-hydroxylation sites is 1. The number of nitriles is 1. The van der Waals surface area contributed by atoms with Gasteiger partial charge in [-0.15, -0.1) is 11.3 Å². The second-order valence-corrected chi connectivity index (χ2v) is 10.3. The summed E-state index contributed by atoms with van der Waals surface area (Å²) in [6.45, 7) is 4.63. The number of nitrogens with two attached hydrogens (primary N) is 2. The number of nitrogens with zero attached hydrogens (tertiary/aromatic N) is 5. The Kier molecular flexibility index (Phi) is 7.76. The number of benzene rings is 2. The third kappa shape index (κ3) is 5.57. The van der Waals surface area contributed by atoms with Crippen LogP contribution in [0.5, 0.6) is 5.75 Å². The zero-order valence-corrected chi connectivity index (χ0v) is 22.2. The summed E-state index contributed by atoms with van der Waals surface area (Å²) in [5.41, 5.74) is 13.8. The first-order valence-electron chi connectivity index (χ1n) is 12.8. The molecule has 200 valence electrons. The highest BCUT2D eigenvalue weighted by molar-refractivity contribution is 7.20. The predicted molar refractivity (Wildman–Crippen MR) is 153 cm³/mol. The van der Waals surface area contributed by atoms with E-state index in [1.54, 1.807) is 12.1 Å². The van der Waals surface area contributed by atoms with Crippen molar-refractivity contribution in [2.75, 3.05) is 43.4 Å². The Bertz CT molecular complexity index is 1590. The summed E-state index contributed by atoms with van der Waals surface area (Å²) in [6.07, 6.45) is 3.34. The molecule has 0 aliphatic carbocycles. The average Bonchev–Trinajstić information content (AvgIpc) is 3.63. The topological polar surface area (TPSA) is 144 Å². The van der Waals surface area contributed by atoms with Crippen molar-refractivity contribution in [3.05, 3.63) is 69.8 Å². The van der Waals surface area contributed by atoms with E-state index in [0.29, 0.717) is 40.5 Å². The van der Waals surface area contributed by atoms with Crippen molar-refractivity contribution in [2.45, 2.75) is 19.3 Å².